The lowest BCUT2D eigenvalue weighted by atomic mass is 9.95. The summed E-state index contributed by atoms with van der Waals surface area (Å²) >= 11 is 0. The maximum Gasteiger partial charge on any atom is 0.114 e. The average Bonchev–Trinajstić information content (AvgIpc) is 2.47. The summed E-state index contributed by atoms with van der Waals surface area (Å²) in [6.07, 6.45) is 3.43. The number of aliphatic hydroxyl groups is 1. The van der Waals surface area contributed by atoms with Crippen LogP contribution in [0.3, 0.4) is 0 Å². The molecule has 0 fully saturated rings. The van der Waals surface area contributed by atoms with Crippen molar-refractivity contribution in [3.05, 3.63) is 17.7 Å². The third kappa shape index (κ3) is 1.46. The molecule has 78 valence electrons. The molecule has 0 aliphatic carbocycles. The van der Waals surface area contributed by atoms with Gasteiger partial charge in [-0.05, 0) is 12.8 Å². The van der Waals surface area contributed by atoms with Gasteiger partial charge >= 0.3 is 0 Å². The fourth-order valence-electron chi connectivity index (χ4n) is 2.08. The largest absolute Gasteiger partial charge is 0.387 e. The first-order valence-corrected chi connectivity index (χ1v) is 5.24. The van der Waals surface area contributed by atoms with Gasteiger partial charge in [-0.2, -0.15) is 0 Å². The second kappa shape index (κ2) is 3.09. The molecular weight excluding hydrogens is 176 g/mol. The molecule has 0 aromatic carbocycles. The summed E-state index contributed by atoms with van der Waals surface area (Å²) in [7, 11) is 0. The van der Waals surface area contributed by atoms with Crippen molar-refractivity contribution in [1.82, 2.24) is 9.55 Å². The van der Waals surface area contributed by atoms with Crippen LogP contribution in [0, 0.1) is 0 Å². The van der Waals surface area contributed by atoms with Crippen molar-refractivity contribution in [1.29, 1.82) is 0 Å². The van der Waals surface area contributed by atoms with E-state index in [0.717, 1.165) is 30.9 Å². The van der Waals surface area contributed by atoms with Gasteiger partial charge in [-0.15, -0.1) is 0 Å². The molecule has 14 heavy (non-hydrogen) atoms. The van der Waals surface area contributed by atoms with E-state index in [1.165, 1.54) is 0 Å². The van der Waals surface area contributed by atoms with Crippen LogP contribution in [0.5, 0.6) is 0 Å². The average molecular weight is 194 g/mol. The van der Waals surface area contributed by atoms with E-state index in [-0.39, 0.29) is 11.5 Å². The minimum atomic E-state index is -0.313. The van der Waals surface area contributed by atoms with Gasteiger partial charge < -0.3 is 9.67 Å². The van der Waals surface area contributed by atoms with Crippen LogP contribution in [0.25, 0.3) is 0 Å². The van der Waals surface area contributed by atoms with Crippen molar-refractivity contribution in [3.63, 3.8) is 0 Å². The van der Waals surface area contributed by atoms with Crippen LogP contribution in [0.2, 0.25) is 0 Å². The zero-order chi connectivity index (χ0) is 10.3. The fraction of sp³-hybridized carbons (Fsp3) is 0.727. The van der Waals surface area contributed by atoms with E-state index < -0.39 is 0 Å². The normalized spacial score (nSPS) is 22.1. The Balaban J connectivity index is 2.46. The highest BCUT2D eigenvalue weighted by molar-refractivity contribution is 5.15. The summed E-state index contributed by atoms with van der Waals surface area (Å²) in [6, 6.07) is 0. The van der Waals surface area contributed by atoms with Crippen molar-refractivity contribution >= 4 is 0 Å². The molecule has 1 aromatic heterocycles. The number of imidazole rings is 1. The topological polar surface area (TPSA) is 38.0 Å². The second-order valence-electron chi connectivity index (χ2n) is 5.07. The van der Waals surface area contributed by atoms with E-state index in [9.17, 15) is 5.11 Å². The summed E-state index contributed by atoms with van der Waals surface area (Å²) in [5.74, 6) is 1.09. The molecule has 0 bridgehead atoms. The molecule has 0 amide bonds. The third-order valence-electron chi connectivity index (χ3n) is 2.76. The molecule has 3 heteroatoms. The quantitative estimate of drug-likeness (QED) is 0.686. The Kier molecular flexibility index (Phi) is 2.14. The molecule has 1 aliphatic heterocycles. The second-order valence-corrected chi connectivity index (χ2v) is 5.07. The van der Waals surface area contributed by atoms with Crippen LogP contribution in [0.1, 0.15) is 51.2 Å². The summed E-state index contributed by atoms with van der Waals surface area (Å²) < 4.78 is 2.17. The highest BCUT2D eigenvalue weighted by atomic mass is 16.3. The summed E-state index contributed by atoms with van der Waals surface area (Å²) in [4.78, 5) is 4.42. The van der Waals surface area contributed by atoms with Crippen molar-refractivity contribution < 1.29 is 5.11 Å². The van der Waals surface area contributed by atoms with Crippen molar-refractivity contribution in [2.24, 2.45) is 0 Å². The Morgan fingerprint density at radius 1 is 1.50 bits per heavy atom. The predicted molar refractivity (Wildman–Crippen MR) is 55.1 cm³/mol. The first-order chi connectivity index (χ1) is 6.50. The number of aliphatic hydroxyl groups excluding tert-OH is 1. The zero-order valence-electron chi connectivity index (χ0n) is 9.12. The number of hydrogen-bond acceptors (Lipinski definition) is 2. The van der Waals surface area contributed by atoms with Crippen LogP contribution < -0.4 is 0 Å². The number of nitrogens with zero attached hydrogens (tertiary/aromatic N) is 2. The van der Waals surface area contributed by atoms with Gasteiger partial charge in [-0.3, -0.25) is 0 Å². The Morgan fingerprint density at radius 3 is 2.86 bits per heavy atom. The van der Waals surface area contributed by atoms with Gasteiger partial charge in [0, 0.05) is 12.0 Å². The molecule has 2 rings (SSSR count). The molecule has 3 nitrogen and oxygen atoms in total. The van der Waals surface area contributed by atoms with E-state index in [2.05, 4.69) is 30.3 Å². The monoisotopic (exact) mass is 194 g/mol. The fourth-order valence-corrected chi connectivity index (χ4v) is 2.08. The van der Waals surface area contributed by atoms with Crippen LogP contribution in [0.15, 0.2) is 6.20 Å². The summed E-state index contributed by atoms with van der Waals surface area (Å²) in [5, 5.41) is 9.78. The van der Waals surface area contributed by atoms with E-state index >= 15 is 0 Å². The maximum atomic E-state index is 9.78. The molecular formula is C11H18N2O. The molecule has 2 heterocycles. The Hall–Kier alpha value is -0.830. The minimum absolute atomic E-state index is 0.0648. The van der Waals surface area contributed by atoms with Crippen molar-refractivity contribution in [2.75, 3.05) is 0 Å². The van der Waals surface area contributed by atoms with Gasteiger partial charge in [0.15, 0.2) is 0 Å². The zero-order valence-corrected chi connectivity index (χ0v) is 9.12. The smallest absolute Gasteiger partial charge is 0.114 e. The van der Waals surface area contributed by atoms with Gasteiger partial charge in [-0.25, -0.2) is 4.98 Å². The van der Waals surface area contributed by atoms with E-state index in [1.54, 1.807) is 0 Å². The molecule has 0 saturated heterocycles. The van der Waals surface area contributed by atoms with E-state index in [1.807, 2.05) is 6.20 Å². The standard InChI is InChI=1S/C11H18N2O/c1-11(2,3)10-12-7-8-9(14)5-4-6-13(8)10/h7,9,14H,4-6H2,1-3H3. The van der Waals surface area contributed by atoms with Gasteiger partial charge in [-0.1, -0.05) is 20.8 Å². The molecule has 1 unspecified atom stereocenters. The highest BCUT2D eigenvalue weighted by Gasteiger charge is 2.26. The van der Waals surface area contributed by atoms with E-state index in [4.69, 9.17) is 0 Å². The Labute approximate surface area is 84.8 Å². The summed E-state index contributed by atoms with van der Waals surface area (Å²) in [5.41, 5.74) is 1.05. The van der Waals surface area contributed by atoms with Gasteiger partial charge in [0.05, 0.1) is 18.0 Å². The first-order valence-electron chi connectivity index (χ1n) is 5.24. The van der Waals surface area contributed by atoms with Crippen LogP contribution in [-0.4, -0.2) is 14.7 Å². The molecule has 1 N–H and O–H groups in total. The van der Waals surface area contributed by atoms with Crippen LogP contribution in [-0.2, 0) is 12.0 Å². The minimum Gasteiger partial charge on any atom is -0.387 e. The maximum absolute atomic E-state index is 9.78. The number of fused-ring (bicyclic) bond motifs is 1. The molecule has 1 atom stereocenters. The van der Waals surface area contributed by atoms with Crippen molar-refractivity contribution in [2.45, 2.75) is 51.7 Å². The molecule has 0 radical (unpaired) electrons. The predicted octanol–water partition coefficient (Wildman–Crippen LogP) is 2.01. The Morgan fingerprint density at radius 2 is 2.21 bits per heavy atom. The SMILES string of the molecule is CC(C)(C)c1ncc2n1CCCC2O. The third-order valence-corrected chi connectivity index (χ3v) is 2.76. The lowest BCUT2D eigenvalue weighted by molar-refractivity contribution is 0.137. The highest BCUT2D eigenvalue weighted by Crippen LogP contribution is 2.30. The van der Waals surface area contributed by atoms with Gasteiger partial charge in [0.1, 0.15) is 5.82 Å². The lowest BCUT2D eigenvalue weighted by Crippen LogP contribution is -2.23. The number of aromatic nitrogens is 2. The number of hydrogen-bond donors (Lipinski definition) is 1. The molecule has 1 aromatic rings. The lowest BCUT2D eigenvalue weighted by Gasteiger charge is -2.25. The van der Waals surface area contributed by atoms with Gasteiger partial charge in [0.25, 0.3) is 0 Å². The van der Waals surface area contributed by atoms with Crippen LogP contribution in [0.4, 0.5) is 0 Å². The molecule has 0 saturated carbocycles. The van der Waals surface area contributed by atoms with Gasteiger partial charge in [0.2, 0.25) is 0 Å². The first kappa shape index (κ1) is 9.71. The van der Waals surface area contributed by atoms with Crippen LogP contribution >= 0.6 is 0 Å². The van der Waals surface area contributed by atoms with E-state index in [0.29, 0.717) is 0 Å². The number of rotatable bonds is 0. The molecule has 0 spiro atoms. The Bertz CT molecular complexity index is 336. The van der Waals surface area contributed by atoms with Crippen molar-refractivity contribution in [3.8, 4) is 0 Å². The summed E-state index contributed by atoms with van der Waals surface area (Å²) in [6.45, 7) is 7.47. The molecule has 1 aliphatic rings.